The molecule has 2 aromatic carbocycles. The van der Waals surface area contributed by atoms with Gasteiger partial charge in [0.1, 0.15) is 17.7 Å². The van der Waals surface area contributed by atoms with Crippen molar-refractivity contribution in [3.8, 4) is 5.75 Å². The van der Waals surface area contributed by atoms with Gasteiger partial charge in [0.05, 0.1) is 18.3 Å². The van der Waals surface area contributed by atoms with Crippen LogP contribution < -0.4 is 10.5 Å². The third-order valence-corrected chi connectivity index (χ3v) is 6.53. The van der Waals surface area contributed by atoms with Crippen LogP contribution in [0.3, 0.4) is 0 Å². The molecule has 1 aliphatic rings. The molecule has 2 atom stereocenters. The number of aliphatic carboxylic acids is 1. The maximum atomic E-state index is 12.2. The molecule has 8 nitrogen and oxygen atoms in total. The molecule has 0 aliphatic carbocycles. The van der Waals surface area contributed by atoms with E-state index in [0.717, 1.165) is 35.1 Å². The lowest BCUT2D eigenvalue weighted by atomic mass is 9.94. The fourth-order valence-corrected chi connectivity index (χ4v) is 4.68. The summed E-state index contributed by atoms with van der Waals surface area (Å²) in [5, 5.41) is 26.5. The predicted molar refractivity (Wildman–Crippen MR) is 148 cm³/mol. The molecule has 5 N–H and O–H groups in total. The van der Waals surface area contributed by atoms with Crippen LogP contribution in [0.15, 0.2) is 48.5 Å². The Bertz CT molecular complexity index is 1240. The number of rotatable bonds is 8. The molecule has 10 heteroatoms. The number of nitrogens with one attached hydrogen (secondary N) is 2. The number of halogens is 2. The number of carbonyl (C=O) groups is 1. The average molecular weight is 534 g/mol. The van der Waals surface area contributed by atoms with E-state index in [1.807, 2.05) is 60.4 Å². The first-order chi connectivity index (χ1) is 16.3. The Morgan fingerprint density at radius 2 is 1.86 bits per heavy atom. The molecule has 0 amide bonds. The maximum Gasteiger partial charge on any atom is 0.311 e. The first-order valence-electron chi connectivity index (χ1n) is 11.5. The number of amidine groups is 2. The van der Waals surface area contributed by atoms with Gasteiger partial charge >= 0.3 is 5.97 Å². The zero-order chi connectivity index (χ0) is 24.4. The number of aromatic nitrogens is 1. The highest BCUT2D eigenvalue weighted by Crippen LogP contribution is 2.29. The molecule has 0 bridgehead atoms. The predicted octanol–water partition coefficient (Wildman–Crippen LogP) is 4.65. The van der Waals surface area contributed by atoms with Gasteiger partial charge in [0, 0.05) is 42.7 Å². The lowest BCUT2D eigenvalue weighted by Crippen LogP contribution is -2.28. The summed E-state index contributed by atoms with van der Waals surface area (Å²) in [6.07, 6.45) is 1.24. The van der Waals surface area contributed by atoms with Crippen LogP contribution in [0.25, 0.3) is 10.9 Å². The van der Waals surface area contributed by atoms with Crippen molar-refractivity contribution >= 4 is 53.4 Å². The van der Waals surface area contributed by atoms with Gasteiger partial charge in [-0.2, -0.15) is 0 Å². The van der Waals surface area contributed by atoms with Crippen molar-refractivity contribution in [3.05, 3.63) is 65.4 Å². The van der Waals surface area contributed by atoms with Crippen molar-refractivity contribution in [1.29, 1.82) is 10.8 Å². The Kier molecular flexibility index (Phi) is 9.78. The molecule has 0 saturated carbocycles. The summed E-state index contributed by atoms with van der Waals surface area (Å²) >= 11 is 0. The second kappa shape index (κ2) is 12.1. The SMILES string of the molecule is CCn1c(CC(C(=O)O)c2ccc(O[C@H]3CCN(C(C)=N)C3)cc2)cc2ccc(C(=N)N)cc21.Cl.Cl. The minimum atomic E-state index is -0.876. The van der Waals surface area contributed by atoms with E-state index in [1.54, 1.807) is 6.92 Å². The number of nitrogens with zero attached hydrogens (tertiary/aromatic N) is 2. The maximum absolute atomic E-state index is 12.2. The van der Waals surface area contributed by atoms with Crippen LogP contribution in [0, 0.1) is 10.8 Å². The van der Waals surface area contributed by atoms with E-state index in [2.05, 4.69) is 4.57 Å². The van der Waals surface area contributed by atoms with Crippen LogP contribution in [-0.2, 0) is 17.8 Å². The number of hydrogen-bond donors (Lipinski definition) is 4. The Balaban J connectivity index is 0.00000228. The zero-order valence-electron chi connectivity index (χ0n) is 20.4. The number of aryl methyl sites for hydroxylation is 1. The van der Waals surface area contributed by atoms with Crippen LogP contribution in [0.2, 0.25) is 0 Å². The molecule has 2 heterocycles. The summed E-state index contributed by atoms with van der Waals surface area (Å²) < 4.78 is 8.15. The standard InChI is InChI=1S/C26H31N5O3.2ClH/c1-3-31-20(12-18-4-5-19(25(28)29)13-24(18)31)14-23(26(32)33)17-6-8-21(9-7-17)34-22-10-11-30(15-22)16(2)27;;/h4-9,12-13,22-23,27H,3,10-11,14-15H2,1-2H3,(H3,28,29)(H,32,33);2*1H/t22-,23?;;/m0../s1. The van der Waals surface area contributed by atoms with Crippen molar-refractivity contribution in [2.24, 2.45) is 5.73 Å². The first kappa shape index (κ1) is 29.0. The van der Waals surface area contributed by atoms with E-state index in [1.165, 1.54) is 0 Å². The molecule has 194 valence electrons. The van der Waals surface area contributed by atoms with E-state index in [0.29, 0.717) is 36.7 Å². The highest BCUT2D eigenvalue weighted by molar-refractivity contribution is 5.98. The van der Waals surface area contributed by atoms with E-state index in [-0.39, 0.29) is 36.8 Å². The van der Waals surface area contributed by atoms with Gasteiger partial charge in [-0.1, -0.05) is 24.3 Å². The Morgan fingerprint density at radius 3 is 2.42 bits per heavy atom. The van der Waals surface area contributed by atoms with Crippen molar-refractivity contribution < 1.29 is 14.6 Å². The zero-order valence-corrected chi connectivity index (χ0v) is 22.0. The number of fused-ring (bicyclic) bond motifs is 1. The minimum Gasteiger partial charge on any atom is -0.489 e. The first-order valence-corrected chi connectivity index (χ1v) is 11.5. The van der Waals surface area contributed by atoms with E-state index >= 15 is 0 Å². The summed E-state index contributed by atoms with van der Waals surface area (Å²) in [6.45, 7) is 6.01. The quantitative estimate of drug-likeness (QED) is 0.247. The minimum absolute atomic E-state index is 0. The molecule has 0 spiro atoms. The second-order valence-corrected chi connectivity index (χ2v) is 8.79. The molecular weight excluding hydrogens is 501 g/mol. The highest BCUT2D eigenvalue weighted by Gasteiger charge is 2.25. The summed E-state index contributed by atoms with van der Waals surface area (Å²) in [5.41, 5.74) is 8.91. The molecule has 0 radical (unpaired) electrons. The molecule has 1 aliphatic heterocycles. The van der Waals surface area contributed by atoms with Crippen molar-refractivity contribution in [1.82, 2.24) is 9.47 Å². The van der Waals surface area contributed by atoms with Crippen LogP contribution >= 0.6 is 24.8 Å². The number of ether oxygens (including phenoxy) is 1. The van der Waals surface area contributed by atoms with Gasteiger partial charge in [-0.3, -0.25) is 15.6 Å². The summed E-state index contributed by atoms with van der Waals surface area (Å²) in [4.78, 5) is 14.2. The van der Waals surface area contributed by atoms with E-state index < -0.39 is 11.9 Å². The Morgan fingerprint density at radius 1 is 1.17 bits per heavy atom. The van der Waals surface area contributed by atoms with Gasteiger partial charge in [0.15, 0.2) is 0 Å². The molecule has 1 unspecified atom stereocenters. The third-order valence-electron chi connectivity index (χ3n) is 6.53. The lowest BCUT2D eigenvalue weighted by Gasteiger charge is -2.18. The number of nitrogen functional groups attached to an aromatic ring is 1. The van der Waals surface area contributed by atoms with Gasteiger partial charge in [-0.15, -0.1) is 24.8 Å². The van der Waals surface area contributed by atoms with Crippen molar-refractivity contribution in [2.75, 3.05) is 13.1 Å². The summed E-state index contributed by atoms with van der Waals surface area (Å²) in [5.74, 6) is -0.303. The van der Waals surface area contributed by atoms with Crippen LogP contribution in [0.4, 0.5) is 0 Å². The largest absolute Gasteiger partial charge is 0.489 e. The van der Waals surface area contributed by atoms with Crippen LogP contribution in [0.1, 0.15) is 43.0 Å². The fourth-order valence-electron chi connectivity index (χ4n) is 4.68. The molecule has 3 aromatic rings. The molecule has 1 saturated heterocycles. The van der Waals surface area contributed by atoms with E-state index in [9.17, 15) is 9.90 Å². The van der Waals surface area contributed by atoms with Gasteiger partial charge in [0.2, 0.25) is 0 Å². The summed E-state index contributed by atoms with van der Waals surface area (Å²) in [6, 6.07) is 15.0. The second-order valence-electron chi connectivity index (χ2n) is 8.79. The molecule has 4 rings (SSSR count). The topological polar surface area (TPSA) is 128 Å². The van der Waals surface area contributed by atoms with Crippen molar-refractivity contribution in [3.63, 3.8) is 0 Å². The van der Waals surface area contributed by atoms with Gasteiger partial charge < -0.3 is 25.0 Å². The Labute approximate surface area is 223 Å². The molecule has 36 heavy (non-hydrogen) atoms. The average Bonchev–Trinajstić information content (AvgIpc) is 3.41. The molecular formula is C26H33Cl2N5O3. The van der Waals surface area contributed by atoms with Gasteiger partial charge in [-0.25, -0.2) is 0 Å². The van der Waals surface area contributed by atoms with Gasteiger partial charge in [-0.05, 0) is 49.1 Å². The van der Waals surface area contributed by atoms with Gasteiger partial charge in [0.25, 0.3) is 0 Å². The molecule has 1 fully saturated rings. The fraction of sp³-hybridized carbons (Fsp3) is 0.346. The monoisotopic (exact) mass is 533 g/mol. The number of carboxylic acids is 1. The summed E-state index contributed by atoms with van der Waals surface area (Å²) in [7, 11) is 0. The number of nitrogens with two attached hydrogens (primary N) is 1. The molecule has 1 aromatic heterocycles. The number of hydrogen-bond acceptors (Lipinski definition) is 4. The smallest absolute Gasteiger partial charge is 0.311 e. The number of carboxylic acid groups (broad SMARTS) is 1. The van der Waals surface area contributed by atoms with Crippen molar-refractivity contribution in [2.45, 2.75) is 45.3 Å². The number of likely N-dealkylation sites (tertiary alicyclic amines) is 1. The lowest BCUT2D eigenvalue weighted by molar-refractivity contribution is -0.138. The third kappa shape index (κ3) is 6.12. The van der Waals surface area contributed by atoms with E-state index in [4.69, 9.17) is 21.3 Å². The number of benzene rings is 2. The normalized spacial score (nSPS) is 15.6. The Hall–Kier alpha value is -3.23. The highest BCUT2D eigenvalue weighted by atomic mass is 35.5. The van der Waals surface area contributed by atoms with Crippen LogP contribution in [-0.4, -0.2) is 51.4 Å². The van der Waals surface area contributed by atoms with Crippen LogP contribution in [0.5, 0.6) is 5.75 Å².